The van der Waals surface area contributed by atoms with Crippen molar-refractivity contribution in [2.75, 3.05) is 11.9 Å². The Hall–Kier alpha value is -2.49. The average Bonchev–Trinajstić information content (AvgIpc) is 2.54. The second kappa shape index (κ2) is 8.83. The van der Waals surface area contributed by atoms with E-state index in [1.807, 2.05) is 68.4 Å². The molecule has 0 saturated heterocycles. The molecule has 2 rings (SSSR count). The van der Waals surface area contributed by atoms with Gasteiger partial charge >= 0.3 is 0 Å². The predicted molar refractivity (Wildman–Crippen MR) is 92.0 cm³/mol. The summed E-state index contributed by atoms with van der Waals surface area (Å²) in [4.78, 5) is 12.0. The molecule has 23 heavy (non-hydrogen) atoms. The van der Waals surface area contributed by atoms with Crippen molar-refractivity contribution in [3.8, 4) is 11.5 Å². The Morgan fingerprint density at radius 1 is 1.04 bits per heavy atom. The fraction of sp³-hybridized carbons (Fsp3) is 0.316. The largest absolute Gasteiger partial charge is 0.494 e. The molecule has 0 aliphatic rings. The standard InChI is InChI=1S/C19H23NO3/c1-15(2)23-18-12-7-6-11-17(18)20-19(21)13-8-14-22-16-9-4-3-5-10-16/h3-7,9-12,15H,8,13-14H2,1-2H3,(H,20,21). The molecule has 4 heteroatoms. The monoisotopic (exact) mass is 313 g/mol. The van der Waals surface area contributed by atoms with Crippen LogP contribution in [0.15, 0.2) is 54.6 Å². The van der Waals surface area contributed by atoms with Gasteiger partial charge in [-0.15, -0.1) is 0 Å². The van der Waals surface area contributed by atoms with E-state index in [4.69, 9.17) is 9.47 Å². The normalized spacial score (nSPS) is 10.4. The molecular weight excluding hydrogens is 290 g/mol. The zero-order valence-electron chi connectivity index (χ0n) is 13.6. The predicted octanol–water partition coefficient (Wildman–Crippen LogP) is 4.27. The van der Waals surface area contributed by atoms with Crippen LogP contribution in [0.1, 0.15) is 26.7 Å². The summed E-state index contributed by atoms with van der Waals surface area (Å²) >= 11 is 0. The van der Waals surface area contributed by atoms with Crippen LogP contribution in [0.3, 0.4) is 0 Å². The second-order valence-corrected chi connectivity index (χ2v) is 5.48. The summed E-state index contributed by atoms with van der Waals surface area (Å²) in [6.07, 6.45) is 1.13. The molecule has 0 heterocycles. The highest BCUT2D eigenvalue weighted by atomic mass is 16.5. The lowest BCUT2D eigenvalue weighted by Gasteiger charge is -2.14. The van der Waals surface area contributed by atoms with Gasteiger partial charge in [-0.05, 0) is 44.5 Å². The van der Waals surface area contributed by atoms with E-state index in [1.165, 1.54) is 0 Å². The first kappa shape index (κ1) is 16.9. The third kappa shape index (κ3) is 6.02. The first-order valence-corrected chi connectivity index (χ1v) is 7.88. The lowest BCUT2D eigenvalue weighted by molar-refractivity contribution is -0.116. The van der Waals surface area contributed by atoms with Crippen LogP contribution in [-0.4, -0.2) is 18.6 Å². The lowest BCUT2D eigenvalue weighted by Crippen LogP contribution is -2.15. The molecule has 4 nitrogen and oxygen atoms in total. The fourth-order valence-electron chi connectivity index (χ4n) is 2.08. The highest BCUT2D eigenvalue weighted by Crippen LogP contribution is 2.25. The van der Waals surface area contributed by atoms with Gasteiger partial charge in [0, 0.05) is 6.42 Å². The van der Waals surface area contributed by atoms with Gasteiger partial charge in [0.2, 0.25) is 5.91 Å². The van der Waals surface area contributed by atoms with Gasteiger partial charge in [-0.3, -0.25) is 4.79 Å². The number of nitrogens with one attached hydrogen (secondary N) is 1. The summed E-state index contributed by atoms with van der Waals surface area (Å²) < 4.78 is 11.3. The molecule has 0 unspecified atom stereocenters. The number of rotatable bonds is 8. The number of hydrogen-bond acceptors (Lipinski definition) is 3. The van der Waals surface area contributed by atoms with Crippen molar-refractivity contribution in [3.63, 3.8) is 0 Å². The molecule has 0 bridgehead atoms. The maximum absolute atomic E-state index is 12.0. The topological polar surface area (TPSA) is 47.6 Å². The van der Waals surface area contributed by atoms with Crippen molar-refractivity contribution in [1.82, 2.24) is 0 Å². The van der Waals surface area contributed by atoms with Crippen molar-refractivity contribution in [2.24, 2.45) is 0 Å². The summed E-state index contributed by atoms with van der Waals surface area (Å²) in [5, 5.41) is 2.90. The Bertz CT molecular complexity index is 611. The van der Waals surface area contributed by atoms with E-state index in [0.29, 0.717) is 30.9 Å². The number of amides is 1. The zero-order valence-corrected chi connectivity index (χ0v) is 13.6. The summed E-state index contributed by atoms with van der Waals surface area (Å²) in [6.45, 7) is 4.43. The van der Waals surface area contributed by atoms with E-state index in [1.54, 1.807) is 0 Å². The van der Waals surface area contributed by atoms with Gasteiger partial charge in [-0.1, -0.05) is 30.3 Å². The van der Waals surface area contributed by atoms with Crippen LogP contribution >= 0.6 is 0 Å². The maximum atomic E-state index is 12.0. The zero-order chi connectivity index (χ0) is 16.5. The molecule has 2 aromatic carbocycles. The number of carbonyl (C=O) groups is 1. The number of ether oxygens (including phenoxy) is 2. The number of benzene rings is 2. The highest BCUT2D eigenvalue weighted by molar-refractivity contribution is 5.92. The van der Waals surface area contributed by atoms with Crippen molar-refractivity contribution in [2.45, 2.75) is 32.8 Å². The van der Waals surface area contributed by atoms with Gasteiger partial charge in [-0.2, -0.15) is 0 Å². The summed E-state index contributed by atoms with van der Waals surface area (Å²) in [5.41, 5.74) is 0.704. The van der Waals surface area contributed by atoms with E-state index in [-0.39, 0.29) is 12.0 Å². The Morgan fingerprint density at radius 3 is 2.48 bits per heavy atom. The van der Waals surface area contributed by atoms with Crippen molar-refractivity contribution < 1.29 is 14.3 Å². The van der Waals surface area contributed by atoms with E-state index in [9.17, 15) is 4.79 Å². The SMILES string of the molecule is CC(C)Oc1ccccc1NC(=O)CCCOc1ccccc1. The minimum absolute atomic E-state index is 0.0403. The molecule has 0 aliphatic heterocycles. The molecule has 0 aliphatic carbocycles. The van der Waals surface area contributed by atoms with Crippen LogP contribution < -0.4 is 14.8 Å². The molecule has 0 aromatic heterocycles. The average molecular weight is 313 g/mol. The molecule has 2 aromatic rings. The lowest BCUT2D eigenvalue weighted by atomic mass is 10.2. The highest BCUT2D eigenvalue weighted by Gasteiger charge is 2.08. The quantitative estimate of drug-likeness (QED) is 0.740. The van der Waals surface area contributed by atoms with Crippen LogP contribution in [0.2, 0.25) is 0 Å². The van der Waals surface area contributed by atoms with Crippen molar-refractivity contribution >= 4 is 11.6 Å². The summed E-state index contributed by atoms with van der Waals surface area (Å²) in [7, 11) is 0. The Kier molecular flexibility index (Phi) is 6.48. The molecular formula is C19H23NO3. The molecule has 122 valence electrons. The molecule has 0 radical (unpaired) electrons. The smallest absolute Gasteiger partial charge is 0.224 e. The number of anilines is 1. The Labute approximate surface area is 137 Å². The van der Waals surface area contributed by atoms with E-state index < -0.39 is 0 Å². The third-order valence-corrected chi connectivity index (χ3v) is 3.08. The van der Waals surface area contributed by atoms with E-state index >= 15 is 0 Å². The molecule has 0 saturated carbocycles. The Morgan fingerprint density at radius 2 is 1.74 bits per heavy atom. The fourth-order valence-corrected chi connectivity index (χ4v) is 2.08. The van der Waals surface area contributed by atoms with Crippen molar-refractivity contribution in [3.05, 3.63) is 54.6 Å². The minimum atomic E-state index is -0.0403. The summed E-state index contributed by atoms with van der Waals surface area (Å²) in [5.74, 6) is 1.47. The van der Waals surface area contributed by atoms with Gasteiger partial charge in [0.25, 0.3) is 0 Å². The van der Waals surface area contributed by atoms with Crippen LogP contribution in [0.25, 0.3) is 0 Å². The maximum Gasteiger partial charge on any atom is 0.224 e. The van der Waals surface area contributed by atoms with Crippen molar-refractivity contribution in [1.29, 1.82) is 0 Å². The van der Waals surface area contributed by atoms with Gasteiger partial charge < -0.3 is 14.8 Å². The van der Waals surface area contributed by atoms with Crippen LogP contribution in [0.5, 0.6) is 11.5 Å². The molecule has 0 spiro atoms. The Balaban J connectivity index is 1.76. The van der Waals surface area contributed by atoms with E-state index in [0.717, 1.165) is 5.75 Å². The van der Waals surface area contributed by atoms with E-state index in [2.05, 4.69) is 5.32 Å². The number of carbonyl (C=O) groups excluding carboxylic acids is 1. The third-order valence-electron chi connectivity index (χ3n) is 3.08. The molecule has 1 amide bonds. The number of para-hydroxylation sites is 3. The first-order chi connectivity index (χ1) is 11.1. The van der Waals surface area contributed by atoms with Crippen LogP contribution in [0, 0.1) is 0 Å². The molecule has 0 fully saturated rings. The minimum Gasteiger partial charge on any atom is -0.494 e. The first-order valence-electron chi connectivity index (χ1n) is 7.88. The summed E-state index contributed by atoms with van der Waals surface area (Å²) in [6, 6.07) is 17.1. The van der Waals surface area contributed by atoms with Gasteiger partial charge in [0.1, 0.15) is 11.5 Å². The van der Waals surface area contributed by atoms with Crippen LogP contribution in [-0.2, 0) is 4.79 Å². The second-order valence-electron chi connectivity index (χ2n) is 5.48. The molecule has 1 N–H and O–H groups in total. The molecule has 0 atom stereocenters. The van der Waals surface area contributed by atoms with Gasteiger partial charge in [0.15, 0.2) is 0 Å². The van der Waals surface area contributed by atoms with Crippen LogP contribution in [0.4, 0.5) is 5.69 Å². The van der Waals surface area contributed by atoms with Gasteiger partial charge in [-0.25, -0.2) is 0 Å². The van der Waals surface area contributed by atoms with Gasteiger partial charge in [0.05, 0.1) is 18.4 Å². The number of hydrogen-bond donors (Lipinski definition) is 1.